The fraction of sp³-hybridized carbons (Fsp3) is 0.154. The van der Waals surface area contributed by atoms with Gasteiger partial charge in [-0.05, 0) is 43.2 Å². The molecule has 1 heterocycles. The van der Waals surface area contributed by atoms with Gasteiger partial charge in [-0.3, -0.25) is 14.5 Å². The molecule has 0 aliphatic carbocycles. The summed E-state index contributed by atoms with van der Waals surface area (Å²) in [6, 6.07) is 23.0. The van der Waals surface area contributed by atoms with Crippen LogP contribution in [-0.4, -0.2) is 18.4 Å². The first kappa shape index (κ1) is 20.4. The van der Waals surface area contributed by atoms with Gasteiger partial charge in [-0.15, -0.1) is 0 Å². The maximum atomic E-state index is 13.2. The second-order valence-corrected chi connectivity index (χ2v) is 7.65. The summed E-state index contributed by atoms with van der Waals surface area (Å²) in [6.07, 6.45) is 1.71. The van der Waals surface area contributed by atoms with Crippen LogP contribution in [0.3, 0.4) is 0 Å². The quantitative estimate of drug-likeness (QED) is 0.633. The maximum Gasteiger partial charge on any atom is 0.294 e. The highest BCUT2D eigenvalue weighted by atomic mass is 16.5. The van der Waals surface area contributed by atoms with Crippen molar-refractivity contribution in [1.82, 2.24) is 5.32 Å². The third kappa shape index (κ3) is 4.83. The molecule has 0 saturated heterocycles. The minimum Gasteiger partial charge on any atom is -0.449 e. The summed E-state index contributed by atoms with van der Waals surface area (Å²) in [6.45, 7) is 4.33. The number of rotatable bonds is 5. The van der Waals surface area contributed by atoms with Crippen LogP contribution in [0.4, 0.5) is 5.69 Å². The largest absolute Gasteiger partial charge is 0.449 e. The number of aryl methyl sites for hydroxylation is 2. The van der Waals surface area contributed by atoms with Gasteiger partial charge < -0.3 is 10.1 Å². The van der Waals surface area contributed by atoms with Gasteiger partial charge in [0.1, 0.15) is 6.54 Å². The van der Waals surface area contributed by atoms with Crippen molar-refractivity contribution < 1.29 is 14.3 Å². The van der Waals surface area contributed by atoms with Gasteiger partial charge in [0.25, 0.3) is 5.91 Å². The number of nitrogens with zero attached hydrogens (tertiary/aromatic N) is 1. The van der Waals surface area contributed by atoms with Gasteiger partial charge in [0, 0.05) is 6.54 Å². The van der Waals surface area contributed by atoms with E-state index in [1.807, 2.05) is 74.5 Å². The van der Waals surface area contributed by atoms with Gasteiger partial charge in [0.05, 0.1) is 5.69 Å². The highest BCUT2D eigenvalue weighted by Crippen LogP contribution is 2.35. The van der Waals surface area contributed by atoms with Crippen LogP contribution in [0, 0.1) is 13.8 Å². The molecule has 1 aliphatic heterocycles. The lowest BCUT2D eigenvalue weighted by atomic mass is 10.1. The number of hydrogen-bond donors (Lipinski definition) is 1. The van der Waals surface area contributed by atoms with Gasteiger partial charge in [-0.2, -0.15) is 0 Å². The van der Waals surface area contributed by atoms with Crippen molar-refractivity contribution in [3.8, 4) is 5.75 Å². The maximum absolute atomic E-state index is 13.2. The van der Waals surface area contributed by atoms with Crippen molar-refractivity contribution in [2.45, 2.75) is 20.4 Å². The predicted octanol–water partition coefficient (Wildman–Crippen LogP) is 4.39. The zero-order chi connectivity index (χ0) is 21.8. The van der Waals surface area contributed by atoms with Crippen molar-refractivity contribution in [3.63, 3.8) is 0 Å². The Morgan fingerprint density at radius 3 is 2.52 bits per heavy atom. The average Bonchev–Trinajstić information content (AvgIpc) is 2.76. The average molecular weight is 412 g/mol. The molecule has 1 N–H and O–H groups in total. The van der Waals surface area contributed by atoms with Gasteiger partial charge in [-0.1, -0.05) is 71.8 Å². The first-order valence-electron chi connectivity index (χ1n) is 10.2. The van der Waals surface area contributed by atoms with Gasteiger partial charge in [0.15, 0.2) is 11.5 Å². The lowest BCUT2D eigenvalue weighted by molar-refractivity contribution is -0.123. The van der Waals surface area contributed by atoms with E-state index in [-0.39, 0.29) is 24.1 Å². The van der Waals surface area contributed by atoms with E-state index in [0.29, 0.717) is 18.0 Å². The fourth-order valence-electron chi connectivity index (χ4n) is 3.44. The molecule has 0 atom stereocenters. The van der Waals surface area contributed by atoms with Crippen LogP contribution >= 0.6 is 0 Å². The molecule has 3 aromatic carbocycles. The number of hydrogen-bond acceptors (Lipinski definition) is 3. The molecule has 4 rings (SSSR count). The third-order valence-corrected chi connectivity index (χ3v) is 5.08. The Morgan fingerprint density at radius 1 is 0.968 bits per heavy atom. The summed E-state index contributed by atoms with van der Waals surface area (Å²) in [7, 11) is 0. The minimum atomic E-state index is -0.342. The number of fused-ring (bicyclic) bond motifs is 1. The van der Waals surface area contributed by atoms with Crippen molar-refractivity contribution in [2.24, 2.45) is 0 Å². The molecule has 5 heteroatoms. The monoisotopic (exact) mass is 412 g/mol. The van der Waals surface area contributed by atoms with E-state index in [1.54, 1.807) is 18.2 Å². The molecule has 0 bridgehead atoms. The highest BCUT2D eigenvalue weighted by molar-refractivity contribution is 6.12. The molecular weight excluding hydrogens is 388 g/mol. The van der Waals surface area contributed by atoms with Crippen LogP contribution in [-0.2, 0) is 16.1 Å². The molecule has 1 aliphatic rings. The number of para-hydroxylation sites is 2. The Kier molecular flexibility index (Phi) is 5.85. The lowest BCUT2D eigenvalue weighted by Gasteiger charge is -2.30. The van der Waals surface area contributed by atoms with Crippen LogP contribution in [0.1, 0.15) is 22.3 Å². The van der Waals surface area contributed by atoms with E-state index in [0.717, 1.165) is 16.7 Å². The molecule has 0 saturated carbocycles. The van der Waals surface area contributed by atoms with E-state index in [9.17, 15) is 9.59 Å². The topological polar surface area (TPSA) is 58.6 Å². The molecule has 5 nitrogen and oxygen atoms in total. The number of amides is 2. The van der Waals surface area contributed by atoms with Gasteiger partial charge in [-0.25, -0.2) is 0 Å². The van der Waals surface area contributed by atoms with E-state index in [1.165, 1.54) is 10.5 Å². The summed E-state index contributed by atoms with van der Waals surface area (Å²) in [4.78, 5) is 27.3. The lowest BCUT2D eigenvalue weighted by Crippen LogP contribution is -2.44. The summed E-state index contributed by atoms with van der Waals surface area (Å²) in [5.41, 5.74) is 4.71. The summed E-state index contributed by atoms with van der Waals surface area (Å²) in [5, 5.41) is 2.90. The second-order valence-electron chi connectivity index (χ2n) is 7.65. The van der Waals surface area contributed by atoms with Crippen LogP contribution in [0.15, 0.2) is 78.6 Å². The molecule has 0 fully saturated rings. The Labute approximate surface area is 182 Å². The molecule has 0 spiro atoms. The fourth-order valence-corrected chi connectivity index (χ4v) is 3.44. The first-order chi connectivity index (χ1) is 15.0. The van der Waals surface area contributed by atoms with Crippen LogP contribution < -0.4 is 15.0 Å². The number of carbonyl (C=O) groups excluding carboxylic acids is 2. The van der Waals surface area contributed by atoms with Gasteiger partial charge >= 0.3 is 0 Å². The zero-order valence-electron chi connectivity index (χ0n) is 17.6. The number of anilines is 1. The Morgan fingerprint density at radius 2 is 1.74 bits per heavy atom. The van der Waals surface area contributed by atoms with Crippen LogP contribution in [0.5, 0.6) is 5.75 Å². The number of ether oxygens (including phenoxy) is 1. The summed E-state index contributed by atoms with van der Waals surface area (Å²) in [5.74, 6) is 0.161. The molecular formula is C26H24N2O3. The molecule has 0 radical (unpaired) electrons. The number of benzene rings is 3. The standard InChI is InChI=1S/C26H24N2O3/c1-18-10-12-20(13-11-18)16-27-25(29)17-28-22-8-3-4-9-23(22)31-24(26(28)30)15-21-7-5-6-19(2)14-21/h3-15H,16-17H2,1-2H3,(H,27,29)/b24-15+. The highest BCUT2D eigenvalue weighted by Gasteiger charge is 2.31. The summed E-state index contributed by atoms with van der Waals surface area (Å²) >= 11 is 0. The van der Waals surface area contributed by atoms with Gasteiger partial charge in [0.2, 0.25) is 5.91 Å². The molecule has 2 amide bonds. The number of carbonyl (C=O) groups is 2. The Bertz CT molecular complexity index is 1150. The van der Waals surface area contributed by atoms with Crippen molar-refractivity contribution in [3.05, 3.63) is 101 Å². The van der Waals surface area contributed by atoms with E-state index >= 15 is 0 Å². The van der Waals surface area contributed by atoms with E-state index < -0.39 is 0 Å². The molecule has 156 valence electrons. The normalized spacial score (nSPS) is 14.2. The molecule has 0 aromatic heterocycles. The van der Waals surface area contributed by atoms with Crippen LogP contribution in [0.2, 0.25) is 0 Å². The summed E-state index contributed by atoms with van der Waals surface area (Å²) < 4.78 is 5.88. The zero-order valence-corrected chi connectivity index (χ0v) is 17.6. The van der Waals surface area contributed by atoms with Crippen LogP contribution in [0.25, 0.3) is 6.08 Å². The second kappa shape index (κ2) is 8.88. The Balaban J connectivity index is 1.54. The third-order valence-electron chi connectivity index (χ3n) is 5.08. The Hall–Kier alpha value is -3.86. The van der Waals surface area contributed by atoms with E-state index in [2.05, 4.69) is 5.32 Å². The molecule has 31 heavy (non-hydrogen) atoms. The molecule has 3 aromatic rings. The predicted molar refractivity (Wildman–Crippen MR) is 122 cm³/mol. The minimum absolute atomic E-state index is 0.0871. The number of nitrogens with one attached hydrogen (secondary N) is 1. The molecule has 0 unspecified atom stereocenters. The van der Waals surface area contributed by atoms with Crippen molar-refractivity contribution >= 4 is 23.6 Å². The van der Waals surface area contributed by atoms with E-state index in [4.69, 9.17) is 4.74 Å². The smallest absolute Gasteiger partial charge is 0.294 e. The van der Waals surface area contributed by atoms with Crippen molar-refractivity contribution in [1.29, 1.82) is 0 Å². The van der Waals surface area contributed by atoms with Crippen molar-refractivity contribution in [2.75, 3.05) is 11.4 Å². The SMILES string of the molecule is Cc1ccc(CNC(=O)CN2C(=O)/C(=C\c3cccc(C)c3)Oc3ccccc32)cc1. The first-order valence-corrected chi connectivity index (χ1v) is 10.2.